The Labute approximate surface area is 89.0 Å². The van der Waals surface area contributed by atoms with Crippen molar-refractivity contribution in [1.29, 1.82) is 0 Å². The maximum atomic E-state index is 9.32. The van der Waals surface area contributed by atoms with Crippen LogP contribution in [0.1, 0.15) is 11.1 Å². The fourth-order valence-electron chi connectivity index (χ4n) is 1.61. The number of hydrogen-bond donors (Lipinski definition) is 2. The molecule has 2 heteroatoms. The first-order chi connectivity index (χ1) is 7.24. The van der Waals surface area contributed by atoms with E-state index in [1.54, 1.807) is 12.1 Å². The normalized spacial score (nSPS) is 10.1. The third-order valence-corrected chi connectivity index (χ3v) is 2.27. The van der Waals surface area contributed by atoms with Crippen LogP contribution >= 0.6 is 0 Å². The second kappa shape index (κ2) is 4.05. The van der Waals surface area contributed by atoms with Crippen molar-refractivity contribution in [2.45, 2.75) is 6.42 Å². The van der Waals surface area contributed by atoms with Crippen LogP contribution in [0.15, 0.2) is 48.5 Å². The van der Waals surface area contributed by atoms with Crippen LogP contribution in [0.3, 0.4) is 0 Å². The van der Waals surface area contributed by atoms with E-state index >= 15 is 0 Å². The third-order valence-electron chi connectivity index (χ3n) is 2.27. The molecule has 2 nitrogen and oxygen atoms in total. The summed E-state index contributed by atoms with van der Waals surface area (Å²) in [7, 11) is 0. The molecule has 0 aliphatic carbocycles. The molecule has 0 bridgehead atoms. The molecule has 3 N–H and O–H groups in total. The van der Waals surface area contributed by atoms with Crippen LogP contribution in [0.2, 0.25) is 0 Å². The van der Waals surface area contributed by atoms with E-state index < -0.39 is 0 Å². The highest BCUT2D eigenvalue weighted by atomic mass is 16.3. The molecule has 0 spiro atoms. The predicted octanol–water partition coefficient (Wildman–Crippen LogP) is 2.57. The number of phenolic OH excluding ortho intramolecular Hbond substituents is 1. The SMILES string of the molecule is Nc1cccc(Cc2cccc(O)c2)c1. The molecule has 15 heavy (non-hydrogen) atoms. The minimum atomic E-state index is 0.302. The molecule has 0 saturated heterocycles. The van der Waals surface area contributed by atoms with Crippen LogP contribution in [-0.4, -0.2) is 5.11 Å². The van der Waals surface area contributed by atoms with Gasteiger partial charge in [-0.2, -0.15) is 0 Å². The summed E-state index contributed by atoms with van der Waals surface area (Å²) in [5.74, 6) is 0.302. The van der Waals surface area contributed by atoms with Gasteiger partial charge in [-0.25, -0.2) is 0 Å². The summed E-state index contributed by atoms with van der Waals surface area (Å²) >= 11 is 0. The molecule has 2 rings (SSSR count). The average molecular weight is 199 g/mol. The predicted molar refractivity (Wildman–Crippen MR) is 61.8 cm³/mol. The summed E-state index contributed by atoms with van der Waals surface area (Å²) in [6.07, 6.45) is 0.791. The third kappa shape index (κ3) is 2.50. The van der Waals surface area contributed by atoms with Gasteiger partial charge in [0.05, 0.1) is 0 Å². The second-order valence-electron chi connectivity index (χ2n) is 3.59. The van der Waals surface area contributed by atoms with E-state index in [4.69, 9.17) is 5.73 Å². The molecule has 2 aromatic rings. The first-order valence-corrected chi connectivity index (χ1v) is 4.86. The fraction of sp³-hybridized carbons (Fsp3) is 0.0769. The van der Waals surface area contributed by atoms with Gasteiger partial charge in [-0.15, -0.1) is 0 Å². The van der Waals surface area contributed by atoms with Crippen LogP contribution in [-0.2, 0) is 6.42 Å². The molecule has 0 heterocycles. The Kier molecular flexibility index (Phi) is 2.59. The van der Waals surface area contributed by atoms with Gasteiger partial charge >= 0.3 is 0 Å². The van der Waals surface area contributed by atoms with Crippen LogP contribution in [0.25, 0.3) is 0 Å². The lowest BCUT2D eigenvalue weighted by atomic mass is 10.0. The van der Waals surface area contributed by atoms with E-state index in [2.05, 4.69) is 0 Å². The number of nitrogen functional groups attached to an aromatic ring is 1. The highest BCUT2D eigenvalue weighted by molar-refractivity contribution is 5.42. The molecular formula is C13H13NO. The van der Waals surface area contributed by atoms with Crippen molar-refractivity contribution < 1.29 is 5.11 Å². The number of nitrogens with two attached hydrogens (primary N) is 1. The van der Waals surface area contributed by atoms with Crippen molar-refractivity contribution >= 4 is 5.69 Å². The molecule has 0 amide bonds. The minimum Gasteiger partial charge on any atom is -0.508 e. The molecule has 0 aliphatic heterocycles. The number of anilines is 1. The molecule has 0 aliphatic rings. The van der Waals surface area contributed by atoms with Crippen LogP contribution in [0.5, 0.6) is 5.75 Å². The van der Waals surface area contributed by atoms with Crippen molar-refractivity contribution in [3.63, 3.8) is 0 Å². The minimum absolute atomic E-state index is 0.302. The largest absolute Gasteiger partial charge is 0.508 e. The zero-order valence-corrected chi connectivity index (χ0v) is 8.35. The highest BCUT2D eigenvalue weighted by Crippen LogP contribution is 2.16. The summed E-state index contributed by atoms with van der Waals surface area (Å²) in [5.41, 5.74) is 8.70. The second-order valence-corrected chi connectivity index (χ2v) is 3.59. The fourth-order valence-corrected chi connectivity index (χ4v) is 1.61. The van der Waals surface area contributed by atoms with Gasteiger partial charge in [0, 0.05) is 5.69 Å². The molecule has 2 aromatic carbocycles. The molecule has 0 saturated carbocycles. The standard InChI is InChI=1S/C13H13NO/c14-12-5-1-3-10(8-12)7-11-4-2-6-13(15)9-11/h1-6,8-9,15H,7,14H2. The van der Waals surface area contributed by atoms with Gasteiger partial charge in [-0.05, 0) is 41.8 Å². The topological polar surface area (TPSA) is 46.2 Å². The lowest BCUT2D eigenvalue weighted by Crippen LogP contribution is -1.90. The van der Waals surface area contributed by atoms with E-state index in [0.29, 0.717) is 5.75 Å². The van der Waals surface area contributed by atoms with Crippen LogP contribution in [0.4, 0.5) is 5.69 Å². The molecule has 0 aromatic heterocycles. The van der Waals surface area contributed by atoms with Crippen molar-refractivity contribution in [3.05, 3.63) is 59.7 Å². The van der Waals surface area contributed by atoms with E-state index in [9.17, 15) is 5.11 Å². The molecule has 76 valence electrons. The Hall–Kier alpha value is -1.96. The van der Waals surface area contributed by atoms with Crippen molar-refractivity contribution in [2.24, 2.45) is 0 Å². The Morgan fingerprint density at radius 2 is 1.60 bits per heavy atom. The van der Waals surface area contributed by atoms with E-state index in [1.807, 2.05) is 36.4 Å². The summed E-state index contributed by atoms with van der Waals surface area (Å²) in [4.78, 5) is 0. The van der Waals surface area contributed by atoms with Gasteiger partial charge in [0.25, 0.3) is 0 Å². The Morgan fingerprint density at radius 1 is 0.933 bits per heavy atom. The summed E-state index contributed by atoms with van der Waals surface area (Å²) in [6.45, 7) is 0. The van der Waals surface area contributed by atoms with Crippen molar-refractivity contribution in [3.8, 4) is 5.75 Å². The highest BCUT2D eigenvalue weighted by Gasteiger charge is 1.97. The van der Waals surface area contributed by atoms with Gasteiger partial charge in [0.1, 0.15) is 5.75 Å². The molecule has 0 fully saturated rings. The molecule has 0 atom stereocenters. The number of rotatable bonds is 2. The van der Waals surface area contributed by atoms with E-state index in [1.165, 1.54) is 0 Å². The first-order valence-electron chi connectivity index (χ1n) is 4.86. The quantitative estimate of drug-likeness (QED) is 0.730. The van der Waals surface area contributed by atoms with Crippen LogP contribution in [0, 0.1) is 0 Å². The molecule has 0 radical (unpaired) electrons. The lowest BCUT2D eigenvalue weighted by Gasteiger charge is -2.03. The van der Waals surface area contributed by atoms with Gasteiger partial charge in [-0.3, -0.25) is 0 Å². The number of benzene rings is 2. The Bertz CT molecular complexity index is 422. The Morgan fingerprint density at radius 3 is 2.27 bits per heavy atom. The zero-order valence-electron chi connectivity index (χ0n) is 8.35. The smallest absolute Gasteiger partial charge is 0.115 e. The number of phenols is 1. The summed E-state index contributed by atoms with van der Waals surface area (Å²) in [6, 6.07) is 15.1. The molecular weight excluding hydrogens is 186 g/mol. The van der Waals surface area contributed by atoms with Gasteiger partial charge < -0.3 is 10.8 Å². The lowest BCUT2D eigenvalue weighted by molar-refractivity contribution is 0.474. The summed E-state index contributed by atoms with van der Waals surface area (Å²) in [5, 5.41) is 9.32. The van der Waals surface area contributed by atoms with Crippen molar-refractivity contribution in [2.75, 3.05) is 5.73 Å². The summed E-state index contributed by atoms with van der Waals surface area (Å²) < 4.78 is 0. The number of aromatic hydroxyl groups is 1. The Balaban J connectivity index is 2.22. The number of hydrogen-bond acceptors (Lipinski definition) is 2. The monoisotopic (exact) mass is 199 g/mol. The maximum absolute atomic E-state index is 9.32. The van der Waals surface area contributed by atoms with Crippen LogP contribution < -0.4 is 5.73 Å². The van der Waals surface area contributed by atoms with E-state index in [0.717, 1.165) is 23.2 Å². The average Bonchev–Trinajstić information content (AvgIpc) is 2.17. The van der Waals surface area contributed by atoms with Gasteiger partial charge in [-0.1, -0.05) is 24.3 Å². The van der Waals surface area contributed by atoms with Gasteiger partial charge in [0.2, 0.25) is 0 Å². The van der Waals surface area contributed by atoms with E-state index in [-0.39, 0.29) is 0 Å². The van der Waals surface area contributed by atoms with Crippen molar-refractivity contribution in [1.82, 2.24) is 0 Å². The maximum Gasteiger partial charge on any atom is 0.115 e. The van der Waals surface area contributed by atoms with Gasteiger partial charge in [0.15, 0.2) is 0 Å². The zero-order chi connectivity index (χ0) is 10.7. The molecule has 0 unspecified atom stereocenters. The first kappa shape index (κ1) is 9.59.